The number of amides is 2. The third-order valence-corrected chi connectivity index (χ3v) is 5.18. The van der Waals surface area contributed by atoms with Gasteiger partial charge in [-0.05, 0) is 36.3 Å². The number of rotatable bonds is 2. The summed E-state index contributed by atoms with van der Waals surface area (Å²) in [7, 11) is 1.66. The van der Waals surface area contributed by atoms with Crippen molar-refractivity contribution in [2.75, 3.05) is 12.9 Å². The van der Waals surface area contributed by atoms with Gasteiger partial charge >= 0.3 is 6.03 Å². The molecule has 19 heavy (non-hydrogen) atoms. The number of nitrogens with one attached hydrogen (secondary N) is 2. The molecular formula is C14H18N2O2S. The minimum Gasteiger partial charge on any atom is -0.497 e. The number of fused-ring (bicyclic) bond motifs is 1. The third kappa shape index (κ3) is 2.52. The number of urea groups is 1. The maximum atomic E-state index is 11.8. The molecule has 0 aliphatic carbocycles. The maximum Gasteiger partial charge on any atom is 0.316 e. The van der Waals surface area contributed by atoms with Gasteiger partial charge in [0.2, 0.25) is 0 Å². The quantitative estimate of drug-likeness (QED) is 0.874. The Morgan fingerprint density at radius 1 is 1.26 bits per heavy atom. The van der Waals surface area contributed by atoms with Gasteiger partial charge in [0, 0.05) is 5.92 Å². The number of carbonyl (C=O) groups excluding carboxylic acids is 1. The second-order valence-electron chi connectivity index (χ2n) is 4.97. The van der Waals surface area contributed by atoms with E-state index < -0.39 is 0 Å². The van der Waals surface area contributed by atoms with Crippen LogP contribution in [0.2, 0.25) is 0 Å². The summed E-state index contributed by atoms with van der Waals surface area (Å²) in [5.74, 6) is 2.44. The van der Waals surface area contributed by atoms with Crippen LogP contribution in [-0.2, 0) is 0 Å². The smallest absolute Gasteiger partial charge is 0.316 e. The zero-order chi connectivity index (χ0) is 13.2. The van der Waals surface area contributed by atoms with Gasteiger partial charge in [0.05, 0.1) is 18.5 Å². The zero-order valence-electron chi connectivity index (χ0n) is 10.9. The first-order valence-corrected chi connectivity index (χ1v) is 7.65. The Morgan fingerprint density at radius 3 is 2.79 bits per heavy atom. The fourth-order valence-corrected chi connectivity index (χ4v) is 4.17. The molecule has 0 radical (unpaired) electrons. The molecule has 2 heterocycles. The summed E-state index contributed by atoms with van der Waals surface area (Å²) in [5, 5.41) is 6.34. The van der Waals surface area contributed by atoms with Crippen molar-refractivity contribution < 1.29 is 9.53 Å². The summed E-state index contributed by atoms with van der Waals surface area (Å²) in [6.07, 6.45) is 2.37. The number of hydrogen-bond donors (Lipinski definition) is 2. The van der Waals surface area contributed by atoms with E-state index in [0.29, 0.717) is 5.92 Å². The molecule has 0 spiro atoms. The Kier molecular flexibility index (Phi) is 3.55. The normalized spacial score (nSPS) is 29.9. The standard InChI is InChI=1S/C14H18N2O2S/c1-18-10-6-4-9(5-7-10)12-11-3-2-8-19-13(11)16-14(17)15-12/h4-7,11-13H,2-3,8H2,1H3,(H2,15,16,17)/t11-,12-,13-/m0/s1. The van der Waals surface area contributed by atoms with E-state index in [-0.39, 0.29) is 17.4 Å². The van der Waals surface area contributed by atoms with E-state index in [1.54, 1.807) is 7.11 Å². The lowest BCUT2D eigenvalue weighted by atomic mass is 9.87. The van der Waals surface area contributed by atoms with Crippen LogP contribution in [0.4, 0.5) is 4.79 Å². The number of benzene rings is 1. The lowest BCUT2D eigenvalue weighted by Gasteiger charge is -2.41. The highest BCUT2D eigenvalue weighted by Crippen LogP contribution is 2.39. The minimum atomic E-state index is -0.0588. The molecule has 1 aromatic carbocycles. The highest BCUT2D eigenvalue weighted by molar-refractivity contribution is 7.99. The molecule has 2 aliphatic rings. The Bertz CT molecular complexity index is 463. The van der Waals surface area contributed by atoms with Gasteiger partial charge in [-0.3, -0.25) is 0 Å². The Labute approximate surface area is 117 Å². The van der Waals surface area contributed by atoms with Crippen LogP contribution in [0, 0.1) is 5.92 Å². The van der Waals surface area contributed by atoms with E-state index in [0.717, 1.165) is 23.5 Å². The van der Waals surface area contributed by atoms with Crippen molar-refractivity contribution in [3.05, 3.63) is 29.8 Å². The lowest BCUT2D eigenvalue weighted by molar-refractivity contribution is 0.203. The molecule has 3 rings (SSSR count). The Hall–Kier alpha value is -1.36. The predicted molar refractivity (Wildman–Crippen MR) is 76.4 cm³/mol. The highest BCUT2D eigenvalue weighted by Gasteiger charge is 2.38. The van der Waals surface area contributed by atoms with Gasteiger partial charge in [0.25, 0.3) is 0 Å². The molecular weight excluding hydrogens is 260 g/mol. The van der Waals surface area contributed by atoms with E-state index in [1.165, 1.54) is 6.42 Å². The summed E-state index contributed by atoms with van der Waals surface area (Å²) in [5.41, 5.74) is 1.16. The summed E-state index contributed by atoms with van der Waals surface area (Å²) in [6, 6.07) is 8.05. The van der Waals surface area contributed by atoms with E-state index in [9.17, 15) is 4.79 Å². The second-order valence-corrected chi connectivity index (χ2v) is 6.22. The zero-order valence-corrected chi connectivity index (χ0v) is 11.7. The fraction of sp³-hybridized carbons (Fsp3) is 0.500. The number of hydrogen-bond acceptors (Lipinski definition) is 3. The number of methoxy groups -OCH3 is 1. The summed E-state index contributed by atoms with van der Waals surface area (Å²) in [6.45, 7) is 0. The molecule has 0 saturated carbocycles. The molecule has 0 aromatic heterocycles. The molecule has 2 aliphatic heterocycles. The van der Waals surface area contributed by atoms with Crippen LogP contribution in [-0.4, -0.2) is 24.3 Å². The van der Waals surface area contributed by atoms with Crippen molar-refractivity contribution in [3.63, 3.8) is 0 Å². The van der Waals surface area contributed by atoms with E-state index in [1.807, 2.05) is 36.0 Å². The molecule has 1 aromatic rings. The van der Waals surface area contributed by atoms with E-state index in [4.69, 9.17) is 4.74 Å². The lowest BCUT2D eigenvalue weighted by Crippen LogP contribution is -2.56. The molecule has 3 atom stereocenters. The summed E-state index contributed by atoms with van der Waals surface area (Å²) < 4.78 is 5.18. The minimum absolute atomic E-state index is 0.0588. The average molecular weight is 278 g/mol. The van der Waals surface area contributed by atoms with Gasteiger partial charge in [-0.2, -0.15) is 0 Å². The van der Waals surface area contributed by atoms with Crippen LogP contribution < -0.4 is 15.4 Å². The molecule has 2 fully saturated rings. The average Bonchev–Trinajstić information content (AvgIpc) is 2.46. The number of ether oxygens (including phenoxy) is 1. The monoisotopic (exact) mass is 278 g/mol. The molecule has 2 saturated heterocycles. The molecule has 0 bridgehead atoms. The molecule has 2 amide bonds. The van der Waals surface area contributed by atoms with Crippen LogP contribution in [0.15, 0.2) is 24.3 Å². The second kappa shape index (κ2) is 5.33. The van der Waals surface area contributed by atoms with Gasteiger partial charge < -0.3 is 15.4 Å². The third-order valence-electron chi connectivity index (χ3n) is 3.83. The van der Waals surface area contributed by atoms with Crippen molar-refractivity contribution in [2.24, 2.45) is 5.92 Å². The van der Waals surface area contributed by atoms with E-state index >= 15 is 0 Å². The van der Waals surface area contributed by atoms with Crippen LogP contribution >= 0.6 is 11.8 Å². The SMILES string of the molecule is COc1ccc([C@@H]2NC(=O)N[C@H]3SCCC[C@H]32)cc1. The number of thioether (sulfide) groups is 1. The Morgan fingerprint density at radius 2 is 2.05 bits per heavy atom. The van der Waals surface area contributed by atoms with Gasteiger partial charge in [-0.25, -0.2) is 4.79 Å². The molecule has 102 valence electrons. The maximum absolute atomic E-state index is 11.8. The predicted octanol–water partition coefficient (Wildman–Crippen LogP) is 2.52. The van der Waals surface area contributed by atoms with Gasteiger partial charge in [-0.1, -0.05) is 12.1 Å². The topological polar surface area (TPSA) is 50.4 Å². The van der Waals surface area contributed by atoms with Crippen LogP contribution in [0.3, 0.4) is 0 Å². The van der Waals surface area contributed by atoms with Crippen LogP contribution in [0.1, 0.15) is 24.4 Å². The molecule has 0 unspecified atom stereocenters. The van der Waals surface area contributed by atoms with Crippen molar-refractivity contribution in [1.82, 2.24) is 10.6 Å². The Balaban J connectivity index is 1.85. The van der Waals surface area contributed by atoms with Crippen molar-refractivity contribution in [3.8, 4) is 5.75 Å². The molecule has 2 N–H and O–H groups in total. The van der Waals surface area contributed by atoms with E-state index in [2.05, 4.69) is 10.6 Å². The van der Waals surface area contributed by atoms with Gasteiger partial charge in [0.15, 0.2) is 0 Å². The summed E-state index contributed by atoms with van der Waals surface area (Å²) >= 11 is 1.86. The first-order valence-electron chi connectivity index (χ1n) is 6.60. The molecule has 5 heteroatoms. The summed E-state index contributed by atoms with van der Waals surface area (Å²) in [4.78, 5) is 11.8. The van der Waals surface area contributed by atoms with Crippen molar-refractivity contribution in [1.29, 1.82) is 0 Å². The van der Waals surface area contributed by atoms with Gasteiger partial charge in [-0.15, -0.1) is 11.8 Å². The van der Waals surface area contributed by atoms with Crippen LogP contribution in [0.5, 0.6) is 5.75 Å². The fourth-order valence-electron chi connectivity index (χ4n) is 2.86. The number of carbonyl (C=O) groups is 1. The first-order chi connectivity index (χ1) is 9.28. The van der Waals surface area contributed by atoms with Gasteiger partial charge in [0.1, 0.15) is 5.75 Å². The highest BCUT2D eigenvalue weighted by atomic mass is 32.2. The van der Waals surface area contributed by atoms with Crippen LogP contribution in [0.25, 0.3) is 0 Å². The van der Waals surface area contributed by atoms with Crippen molar-refractivity contribution >= 4 is 17.8 Å². The molecule has 4 nitrogen and oxygen atoms in total. The van der Waals surface area contributed by atoms with Crippen molar-refractivity contribution in [2.45, 2.75) is 24.3 Å². The largest absolute Gasteiger partial charge is 0.497 e. The first kappa shape index (κ1) is 12.7.